The number of carbonyl (C=O) groups excluding carboxylic acids is 1. The van der Waals surface area contributed by atoms with Crippen molar-refractivity contribution in [3.63, 3.8) is 0 Å². The second-order valence-corrected chi connectivity index (χ2v) is 7.47. The summed E-state index contributed by atoms with van der Waals surface area (Å²) in [6.07, 6.45) is 1.76. The number of nitrogens with one attached hydrogen (secondary N) is 1. The largest absolute Gasteiger partial charge is 0.465 e. The maximum absolute atomic E-state index is 12.4. The molecule has 132 valence electrons. The molecule has 2 N–H and O–H groups in total. The van der Waals surface area contributed by atoms with E-state index in [1.54, 1.807) is 0 Å². The van der Waals surface area contributed by atoms with Crippen molar-refractivity contribution >= 4 is 23.0 Å². The Kier molecular flexibility index (Phi) is 4.45. The lowest BCUT2D eigenvalue weighted by Gasteiger charge is -2.19. The van der Waals surface area contributed by atoms with Crippen molar-refractivity contribution in [3.05, 3.63) is 34.3 Å². The Morgan fingerprint density at radius 3 is 2.92 bits per heavy atom. The van der Waals surface area contributed by atoms with Crippen molar-refractivity contribution < 1.29 is 14.6 Å². The first-order chi connectivity index (χ1) is 12.2. The van der Waals surface area contributed by atoms with Crippen molar-refractivity contribution in [1.29, 1.82) is 0 Å². The van der Waals surface area contributed by atoms with Crippen molar-refractivity contribution in [2.75, 3.05) is 31.6 Å². The van der Waals surface area contributed by atoms with Gasteiger partial charge in [-0.2, -0.15) is 0 Å². The first-order valence-electron chi connectivity index (χ1n) is 8.53. The zero-order chi connectivity index (χ0) is 17.4. The molecule has 0 amide bonds. The van der Waals surface area contributed by atoms with Crippen molar-refractivity contribution in [1.82, 2.24) is 10.3 Å². The Labute approximate surface area is 150 Å². The van der Waals surface area contributed by atoms with Crippen LogP contribution in [-0.2, 0) is 11.3 Å². The van der Waals surface area contributed by atoms with Crippen LogP contribution in [-0.4, -0.2) is 42.8 Å². The highest BCUT2D eigenvalue weighted by Gasteiger charge is 2.25. The number of rotatable bonds is 3. The highest BCUT2D eigenvalue weighted by Crippen LogP contribution is 2.36. The third-order valence-corrected chi connectivity index (χ3v) is 5.88. The number of hydrogen-bond donors (Lipinski definition) is 2. The second-order valence-electron chi connectivity index (χ2n) is 6.39. The molecule has 1 unspecified atom stereocenters. The van der Waals surface area contributed by atoms with Crippen LogP contribution in [0.5, 0.6) is 0 Å². The van der Waals surface area contributed by atoms with Crippen LogP contribution in [0.4, 0.5) is 5.69 Å². The first kappa shape index (κ1) is 16.5. The van der Waals surface area contributed by atoms with Crippen LogP contribution in [0.25, 0.3) is 10.6 Å². The Hall–Kier alpha value is -1.96. The summed E-state index contributed by atoms with van der Waals surface area (Å²) in [5, 5.41) is 14.0. The second kappa shape index (κ2) is 6.74. The molecule has 0 radical (unpaired) electrons. The summed E-state index contributed by atoms with van der Waals surface area (Å²) >= 11 is 1.52. The monoisotopic (exact) mass is 359 g/mol. The van der Waals surface area contributed by atoms with Gasteiger partial charge in [0.2, 0.25) is 0 Å². The Morgan fingerprint density at radius 1 is 1.40 bits per heavy atom. The number of hydrogen-bond acceptors (Lipinski definition) is 7. The molecule has 0 saturated carbocycles. The number of ether oxygens (including phenoxy) is 1. The van der Waals surface area contributed by atoms with Crippen LogP contribution >= 0.6 is 11.3 Å². The summed E-state index contributed by atoms with van der Waals surface area (Å²) in [6, 6.07) is 5.90. The minimum atomic E-state index is -0.598. The molecule has 1 atom stereocenters. The van der Waals surface area contributed by atoms with Crippen LogP contribution in [0, 0.1) is 0 Å². The minimum Gasteiger partial charge on any atom is -0.465 e. The molecule has 0 aliphatic carbocycles. The summed E-state index contributed by atoms with van der Waals surface area (Å²) in [4.78, 5) is 20.3. The maximum Gasteiger partial charge on any atom is 0.338 e. The summed E-state index contributed by atoms with van der Waals surface area (Å²) in [6.45, 7) is 3.24. The lowest BCUT2D eigenvalue weighted by atomic mass is 10.1. The van der Waals surface area contributed by atoms with Crippen LogP contribution < -0.4 is 10.2 Å². The SMILES string of the molecule is COC(=O)c1cc(N2CCCC2)ccc1-c1nc2c(s1)CNCC2O. The number of methoxy groups -OCH3 is 1. The van der Waals surface area contributed by atoms with E-state index in [2.05, 4.69) is 15.2 Å². The van der Waals surface area contributed by atoms with Crippen molar-refractivity contribution in [2.45, 2.75) is 25.5 Å². The molecule has 0 spiro atoms. The Balaban J connectivity index is 1.77. The molecule has 7 heteroatoms. The fraction of sp³-hybridized carbons (Fsp3) is 0.444. The molecular weight excluding hydrogens is 338 g/mol. The third-order valence-electron chi connectivity index (χ3n) is 4.78. The Morgan fingerprint density at radius 2 is 2.20 bits per heavy atom. The van der Waals surface area contributed by atoms with Gasteiger partial charge in [0.05, 0.1) is 18.4 Å². The number of fused-ring (bicyclic) bond motifs is 1. The standard InChI is InChI=1S/C18H21N3O3S/c1-24-18(23)13-8-11(21-6-2-3-7-21)4-5-12(13)17-20-16-14(22)9-19-10-15(16)25-17/h4-5,8,14,19,22H,2-3,6-7,9-10H2,1H3. The normalized spacial score (nSPS) is 19.8. The fourth-order valence-electron chi connectivity index (χ4n) is 3.45. The van der Waals surface area contributed by atoms with E-state index in [0.717, 1.165) is 39.9 Å². The van der Waals surface area contributed by atoms with E-state index in [-0.39, 0.29) is 5.97 Å². The van der Waals surface area contributed by atoms with Gasteiger partial charge < -0.3 is 20.1 Å². The molecule has 25 heavy (non-hydrogen) atoms. The average Bonchev–Trinajstić information content (AvgIpc) is 3.31. The number of carbonyl (C=O) groups is 1. The van der Waals surface area contributed by atoms with Gasteiger partial charge in [-0.05, 0) is 31.0 Å². The van der Waals surface area contributed by atoms with Gasteiger partial charge in [-0.25, -0.2) is 9.78 Å². The predicted octanol–water partition coefficient (Wildman–Crippen LogP) is 2.33. The number of benzene rings is 1. The Bertz CT molecular complexity index is 799. The lowest BCUT2D eigenvalue weighted by molar-refractivity contribution is 0.0601. The third kappa shape index (κ3) is 3.03. The molecule has 2 aromatic rings. The number of nitrogens with zero attached hydrogens (tertiary/aromatic N) is 2. The quantitative estimate of drug-likeness (QED) is 0.820. The smallest absolute Gasteiger partial charge is 0.338 e. The number of aliphatic hydroxyl groups excluding tert-OH is 1. The van der Waals surface area contributed by atoms with Crippen LogP contribution in [0.3, 0.4) is 0 Å². The molecule has 6 nitrogen and oxygen atoms in total. The van der Waals surface area contributed by atoms with Gasteiger partial charge in [0.15, 0.2) is 0 Å². The molecule has 1 aromatic carbocycles. The van der Waals surface area contributed by atoms with Crippen molar-refractivity contribution in [3.8, 4) is 10.6 Å². The van der Waals surface area contributed by atoms with Gasteiger partial charge in [0, 0.05) is 42.3 Å². The zero-order valence-electron chi connectivity index (χ0n) is 14.1. The molecular formula is C18H21N3O3S. The minimum absolute atomic E-state index is 0.358. The van der Waals surface area contributed by atoms with Gasteiger partial charge >= 0.3 is 5.97 Å². The van der Waals surface area contributed by atoms with E-state index in [9.17, 15) is 9.90 Å². The lowest BCUT2D eigenvalue weighted by Crippen LogP contribution is -2.27. The first-order valence-corrected chi connectivity index (χ1v) is 9.35. The molecule has 4 rings (SSSR count). The summed E-state index contributed by atoms with van der Waals surface area (Å²) in [5.41, 5.74) is 3.06. The molecule has 1 fully saturated rings. The van der Waals surface area contributed by atoms with Gasteiger partial charge in [0.25, 0.3) is 0 Å². The molecule has 1 aromatic heterocycles. The van der Waals surface area contributed by atoms with Crippen LogP contribution in [0.1, 0.15) is 39.9 Å². The highest BCUT2D eigenvalue weighted by molar-refractivity contribution is 7.15. The van der Waals surface area contributed by atoms with Gasteiger partial charge in [-0.15, -0.1) is 11.3 Å². The summed E-state index contributed by atoms with van der Waals surface area (Å²) < 4.78 is 5.00. The molecule has 3 heterocycles. The average molecular weight is 359 g/mol. The van der Waals surface area contributed by atoms with E-state index >= 15 is 0 Å². The molecule has 1 saturated heterocycles. The van der Waals surface area contributed by atoms with E-state index in [1.165, 1.54) is 31.3 Å². The van der Waals surface area contributed by atoms with Crippen LogP contribution in [0.2, 0.25) is 0 Å². The van der Waals surface area contributed by atoms with E-state index in [4.69, 9.17) is 4.74 Å². The summed E-state index contributed by atoms with van der Waals surface area (Å²) in [5.74, 6) is -0.358. The van der Waals surface area contributed by atoms with Gasteiger partial charge in [0.1, 0.15) is 11.1 Å². The topological polar surface area (TPSA) is 74.7 Å². The number of anilines is 1. The van der Waals surface area contributed by atoms with Gasteiger partial charge in [-0.1, -0.05) is 0 Å². The fourth-order valence-corrected chi connectivity index (χ4v) is 4.58. The van der Waals surface area contributed by atoms with E-state index in [0.29, 0.717) is 18.7 Å². The summed E-state index contributed by atoms with van der Waals surface area (Å²) in [7, 11) is 1.40. The maximum atomic E-state index is 12.4. The zero-order valence-corrected chi connectivity index (χ0v) is 14.9. The molecule has 0 bridgehead atoms. The number of β-amino-alcohol motifs (C(OH)–C–C–N with tert-alkyl or cyclic N) is 1. The number of esters is 1. The highest BCUT2D eigenvalue weighted by atomic mass is 32.1. The number of aliphatic hydroxyl groups is 1. The number of thiazole rings is 1. The number of aromatic nitrogens is 1. The molecule has 2 aliphatic rings. The van der Waals surface area contributed by atoms with E-state index < -0.39 is 6.10 Å². The van der Waals surface area contributed by atoms with Crippen molar-refractivity contribution in [2.24, 2.45) is 0 Å². The van der Waals surface area contributed by atoms with E-state index in [1.807, 2.05) is 18.2 Å². The predicted molar refractivity (Wildman–Crippen MR) is 97.0 cm³/mol. The molecule has 2 aliphatic heterocycles. The van der Waals surface area contributed by atoms with Gasteiger partial charge in [-0.3, -0.25) is 0 Å². The van der Waals surface area contributed by atoms with Crippen LogP contribution in [0.15, 0.2) is 18.2 Å².